The number of nitrogens with zero attached hydrogens (tertiary/aromatic N) is 2. The Morgan fingerprint density at radius 3 is 2.62 bits per heavy atom. The largest absolute Gasteiger partial charge is 0.494 e. The fraction of sp³-hybridized carbons (Fsp3) is 0.464. The lowest BCUT2D eigenvalue weighted by Crippen LogP contribution is -2.31. The van der Waals surface area contributed by atoms with Gasteiger partial charge >= 0.3 is 0 Å². The maximum atomic E-state index is 13.8. The first-order valence-corrected chi connectivity index (χ1v) is 12.7. The van der Waals surface area contributed by atoms with Crippen LogP contribution in [0.4, 0.5) is 4.39 Å². The summed E-state index contributed by atoms with van der Waals surface area (Å²) >= 11 is 6.07. The van der Waals surface area contributed by atoms with E-state index in [4.69, 9.17) is 16.3 Å². The molecule has 0 radical (unpaired) electrons. The second-order valence-electron chi connectivity index (χ2n) is 9.71. The van der Waals surface area contributed by atoms with Crippen LogP contribution >= 0.6 is 11.6 Å². The highest BCUT2D eigenvalue weighted by Gasteiger charge is 2.16. The van der Waals surface area contributed by atoms with Crippen LogP contribution in [0.25, 0.3) is 22.2 Å². The molecule has 0 amide bonds. The molecule has 34 heavy (non-hydrogen) atoms. The molecule has 2 heterocycles. The van der Waals surface area contributed by atoms with Crippen molar-refractivity contribution < 1.29 is 13.9 Å². The van der Waals surface area contributed by atoms with Crippen molar-refractivity contribution in [2.45, 2.75) is 52.5 Å². The highest BCUT2D eigenvalue weighted by Crippen LogP contribution is 2.33. The van der Waals surface area contributed by atoms with Gasteiger partial charge in [-0.15, -0.1) is 0 Å². The Hall–Kier alpha value is -2.37. The molecule has 0 aliphatic carbocycles. The summed E-state index contributed by atoms with van der Waals surface area (Å²) in [7, 11) is 0. The van der Waals surface area contributed by atoms with Crippen molar-refractivity contribution in [3.05, 3.63) is 53.3 Å². The predicted molar refractivity (Wildman–Crippen MR) is 137 cm³/mol. The lowest BCUT2D eigenvalue weighted by Gasteiger charge is -2.26. The lowest BCUT2D eigenvalue weighted by atomic mass is 10.1. The van der Waals surface area contributed by atoms with Crippen molar-refractivity contribution in [3.8, 4) is 17.0 Å². The number of rotatable bonds is 10. The fourth-order valence-electron chi connectivity index (χ4n) is 4.76. The zero-order valence-electron chi connectivity index (χ0n) is 20.2. The van der Waals surface area contributed by atoms with Crippen LogP contribution in [-0.4, -0.2) is 41.5 Å². The van der Waals surface area contributed by atoms with Gasteiger partial charge in [-0.05, 0) is 86.3 Å². The molecule has 182 valence electrons. The molecule has 2 aromatic carbocycles. The van der Waals surface area contributed by atoms with Gasteiger partial charge in [-0.2, -0.15) is 0 Å². The molecular formula is C28H34ClFN2O2. The molecule has 0 atom stereocenters. The molecule has 1 aromatic heterocycles. The summed E-state index contributed by atoms with van der Waals surface area (Å²) in [6.07, 6.45) is 5.47. The van der Waals surface area contributed by atoms with Gasteiger partial charge in [0.1, 0.15) is 11.6 Å². The van der Waals surface area contributed by atoms with Gasteiger partial charge in [0.05, 0.1) is 18.2 Å². The first kappa shape index (κ1) is 24.7. The predicted octanol–water partition coefficient (Wildman–Crippen LogP) is 6.97. The van der Waals surface area contributed by atoms with Crippen molar-refractivity contribution in [3.63, 3.8) is 0 Å². The molecule has 1 saturated heterocycles. The van der Waals surface area contributed by atoms with E-state index < -0.39 is 5.82 Å². The zero-order valence-corrected chi connectivity index (χ0v) is 20.9. The van der Waals surface area contributed by atoms with Crippen LogP contribution in [0.1, 0.15) is 46.0 Å². The number of halogens is 2. The Labute approximate surface area is 206 Å². The zero-order chi connectivity index (χ0) is 24.1. The van der Waals surface area contributed by atoms with E-state index in [9.17, 15) is 9.18 Å². The number of hydrogen-bond donors (Lipinski definition) is 0. The summed E-state index contributed by atoms with van der Waals surface area (Å²) in [4.78, 5) is 15.2. The Bertz CT molecular complexity index is 1130. The van der Waals surface area contributed by atoms with E-state index >= 15 is 0 Å². The maximum Gasteiger partial charge on any atom is 0.152 e. The van der Waals surface area contributed by atoms with Gasteiger partial charge in [-0.3, -0.25) is 4.79 Å². The molecule has 4 nitrogen and oxygen atoms in total. The van der Waals surface area contributed by atoms with Crippen LogP contribution in [0.5, 0.6) is 5.75 Å². The van der Waals surface area contributed by atoms with Gasteiger partial charge in [0.25, 0.3) is 0 Å². The highest BCUT2D eigenvalue weighted by molar-refractivity contribution is 6.31. The van der Waals surface area contributed by atoms with Gasteiger partial charge in [0.15, 0.2) is 5.78 Å². The van der Waals surface area contributed by atoms with E-state index in [1.54, 1.807) is 12.1 Å². The normalized spacial score (nSPS) is 14.7. The number of hydrogen-bond acceptors (Lipinski definition) is 3. The molecule has 0 spiro atoms. The van der Waals surface area contributed by atoms with Gasteiger partial charge in [-0.1, -0.05) is 31.9 Å². The molecule has 0 saturated carbocycles. The summed E-state index contributed by atoms with van der Waals surface area (Å²) in [6.45, 7) is 8.50. The molecular weight excluding hydrogens is 451 g/mol. The summed E-state index contributed by atoms with van der Waals surface area (Å²) in [6, 6.07) is 12.7. The summed E-state index contributed by atoms with van der Waals surface area (Å²) in [5, 5.41) is 1.06. The molecule has 0 unspecified atom stereocenters. The molecule has 1 fully saturated rings. The average molecular weight is 485 g/mol. The van der Waals surface area contributed by atoms with E-state index in [-0.39, 0.29) is 17.4 Å². The Balaban J connectivity index is 1.54. The van der Waals surface area contributed by atoms with Crippen LogP contribution in [0.2, 0.25) is 5.02 Å². The number of fused-ring (bicyclic) bond motifs is 1. The van der Waals surface area contributed by atoms with Crippen LogP contribution < -0.4 is 4.74 Å². The second-order valence-corrected chi connectivity index (χ2v) is 10.1. The third-order valence-electron chi connectivity index (χ3n) is 6.39. The van der Waals surface area contributed by atoms with Gasteiger partial charge in [0, 0.05) is 29.6 Å². The number of aromatic nitrogens is 1. The quantitative estimate of drug-likeness (QED) is 0.291. The number of ether oxygens (including phenoxy) is 1. The summed E-state index contributed by atoms with van der Waals surface area (Å²) < 4.78 is 21.8. The first-order chi connectivity index (χ1) is 16.4. The van der Waals surface area contributed by atoms with Crippen molar-refractivity contribution in [1.82, 2.24) is 9.47 Å². The molecule has 0 N–H and O–H groups in total. The van der Waals surface area contributed by atoms with Crippen LogP contribution in [0, 0.1) is 11.7 Å². The smallest absolute Gasteiger partial charge is 0.152 e. The van der Waals surface area contributed by atoms with E-state index in [0.29, 0.717) is 18.9 Å². The van der Waals surface area contributed by atoms with Gasteiger partial charge in [0.2, 0.25) is 0 Å². The minimum Gasteiger partial charge on any atom is -0.494 e. The van der Waals surface area contributed by atoms with E-state index in [2.05, 4.69) is 4.90 Å². The minimum absolute atomic E-state index is 0.0699. The number of piperidine rings is 1. The number of carbonyl (C=O) groups excluding carboxylic acids is 1. The number of carbonyl (C=O) groups is 1. The number of likely N-dealkylation sites (tertiary alicyclic amines) is 1. The topological polar surface area (TPSA) is 34.5 Å². The van der Waals surface area contributed by atoms with Crippen molar-refractivity contribution in [1.29, 1.82) is 0 Å². The molecule has 1 aliphatic heterocycles. The Morgan fingerprint density at radius 1 is 1.09 bits per heavy atom. The average Bonchev–Trinajstić information content (AvgIpc) is 3.16. The third-order valence-corrected chi connectivity index (χ3v) is 6.68. The van der Waals surface area contributed by atoms with Crippen LogP contribution in [-0.2, 0) is 11.3 Å². The standard InChI is InChI=1S/C28H34ClFN2O2/c1-20(2)15-23(33)19-32-27-10-8-24(34-14-6-13-31-11-4-3-5-12-31)16-22(27)18-28(32)21-7-9-26(30)25(29)17-21/h7-10,16-18,20H,3-6,11-15,19H2,1-2H3. The number of ketones is 1. The Kier molecular flexibility index (Phi) is 8.28. The highest BCUT2D eigenvalue weighted by atomic mass is 35.5. The van der Waals surface area contributed by atoms with Gasteiger partial charge in [-0.25, -0.2) is 4.39 Å². The van der Waals surface area contributed by atoms with Crippen LogP contribution in [0.15, 0.2) is 42.5 Å². The molecule has 0 bridgehead atoms. The van der Waals surface area contributed by atoms with Crippen molar-refractivity contribution in [2.75, 3.05) is 26.2 Å². The maximum absolute atomic E-state index is 13.8. The molecule has 4 rings (SSSR count). The van der Waals surface area contributed by atoms with E-state index in [1.807, 2.05) is 42.7 Å². The summed E-state index contributed by atoms with van der Waals surface area (Å²) in [5.74, 6) is 0.827. The Morgan fingerprint density at radius 2 is 1.88 bits per heavy atom. The fourth-order valence-corrected chi connectivity index (χ4v) is 4.94. The van der Waals surface area contributed by atoms with Crippen LogP contribution in [0.3, 0.4) is 0 Å². The van der Waals surface area contributed by atoms with Crippen molar-refractivity contribution in [2.24, 2.45) is 5.92 Å². The van der Waals surface area contributed by atoms with E-state index in [0.717, 1.165) is 40.9 Å². The first-order valence-electron chi connectivity index (χ1n) is 12.4. The van der Waals surface area contributed by atoms with E-state index in [1.165, 1.54) is 38.4 Å². The second kappa shape index (κ2) is 11.4. The molecule has 6 heteroatoms. The van der Waals surface area contributed by atoms with Crippen molar-refractivity contribution >= 4 is 28.3 Å². The number of benzene rings is 2. The lowest BCUT2D eigenvalue weighted by molar-refractivity contribution is -0.120. The molecule has 3 aromatic rings. The monoisotopic (exact) mass is 484 g/mol. The van der Waals surface area contributed by atoms with Gasteiger partial charge < -0.3 is 14.2 Å². The summed E-state index contributed by atoms with van der Waals surface area (Å²) in [5.41, 5.74) is 2.58. The molecule has 1 aliphatic rings. The minimum atomic E-state index is -0.454. The number of Topliss-reactive ketones (excluding diaryl/α,β-unsaturated/α-hetero) is 1. The third kappa shape index (κ3) is 6.19. The SMILES string of the molecule is CC(C)CC(=O)Cn1c(-c2ccc(F)c(Cl)c2)cc2cc(OCCCN3CCCCC3)ccc21.